The second kappa shape index (κ2) is 17.7. The molecule has 4 N–H and O–H groups in total. The van der Waals surface area contributed by atoms with Gasteiger partial charge in [0.1, 0.15) is 34.6 Å². The lowest BCUT2D eigenvalue weighted by Gasteiger charge is -2.27. The Hall–Kier alpha value is -3.46. The highest BCUT2D eigenvalue weighted by Gasteiger charge is 2.33. The predicted octanol–water partition coefficient (Wildman–Crippen LogP) is 1.45. The number of sulfone groups is 2. The molecule has 0 aromatic heterocycles. The van der Waals surface area contributed by atoms with E-state index in [9.17, 15) is 36.0 Å². The summed E-state index contributed by atoms with van der Waals surface area (Å²) < 4.78 is 52.6. The first-order valence-electron chi connectivity index (χ1n) is 14.3. The first-order valence-corrected chi connectivity index (χ1v) is 18.3. The Morgan fingerprint density at radius 2 is 1.45 bits per heavy atom. The standard InChI is InChI=1S/C29H46N4O9S2/c1-8-20(4)25(33-29(37)42-17-22-12-10-9-11-13-22)28(36)32-24(18-44(7,40)41)27(35)30-21(5)26(34)31-23(16-19(2)3)14-15-43(6,38)39/h9-15,19-21,23-25H,8,16-18H2,1-7H3,(H,30,35)(H,31,34)(H,32,36)(H,33,37)/b15-14+/t20-,21-,23+,24-,25-/m0/s1. The molecule has 0 saturated carbocycles. The molecule has 0 bridgehead atoms. The number of rotatable bonds is 17. The molecule has 248 valence electrons. The van der Waals surface area contributed by atoms with E-state index >= 15 is 0 Å². The van der Waals surface area contributed by atoms with E-state index in [-0.39, 0.29) is 12.5 Å². The molecule has 13 nitrogen and oxygen atoms in total. The van der Waals surface area contributed by atoms with Crippen LogP contribution >= 0.6 is 0 Å². The van der Waals surface area contributed by atoms with Gasteiger partial charge in [-0.05, 0) is 30.7 Å². The van der Waals surface area contributed by atoms with Crippen LogP contribution in [0.1, 0.15) is 53.0 Å². The number of alkyl carbamates (subject to hydrolysis) is 1. The van der Waals surface area contributed by atoms with Gasteiger partial charge in [-0.15, -0.1) is 0 Å². The number of benzene rings is 1. The zero-order valence-electron chi connectivity index (χ0n) is 26.3. The Morgan fingerprint density at radius 1 is 0.841 bits per heavy atom. The monoisotopic (exact) mass is 658 g/mol. The number of ether oxygens (including phenoxy) is 1. The van der Waals surface area contributed by atoms with E-state index in [0.717, 1.165) is 23.5 Å². The molecular formula is C29H46N4O9S2. The van der Waals surface area contributed by atoms with Gasteiger partial charge in [0.25, 0.3) is 0 Å². The summed E-state index contributed by atoms with van der Waals surface area (Å²) in [6.07, 6.45) is 3.27. The first kappa shape index (κ1) is 38.6. The largest absolute Gasteiger partial charge is 0.445 e. The fourth-order valence-electron chi connectivity index (χ4n) is 3.96. The van der Waals surface area contributed by atoms with Crippen molar-refractivity contribution in [2.24, 2.45) is 11.8 Å². The number of carbonyl (C=O) groups is 4. The van der Waals surface area contributed by atoms with Gasteiger partial charge in [-0.3, -0.25) is 14.4 Å². The molecule has 0 aliphatic rings. The highest BCUT2D eigenvalue weighted by molar-refractivity contribution is 7.93. The number of carbonyl (C=O) groups excluding carboxylic acids is 4. The average Bonchev–Trinajstić information content (AvgIpc) is 2.91. The van der Waals surface area contributed by atoms with Crippen LogP contribution < -0.4 is 21.3 Å². The summed E-state index contributed by atoms with van der Waals surface area (Å²) in [7, 11) is -7.23. The third kappa shape index (κ3) is 15.8. The summed E-state index contributed by atoms with van der Waals surface area (Å²) in [4.78, 5) is 51.8. The molecule has 0 aliphatic heterocycles. The van der Waals surface area contributed by atoms with E-state index in [1.807, 2.05) is 19.9 Å². The van der Waals surface area contributed by atoms with Crippen LogP contribution in [0.25, 0.3) is 0 Å². The molecule has 1 aromatic carbocycles. The highest BCUT2D eigenvalue weighted by atomic mass is 32.2. The fourth-order valence-corrected chi connectivity index (χ4v) is 5.27. The quantitative estimate of drug-likeness (QED) is 0.192. The van der Waals surface area contributed by atoms with Crippen molar-refractivity contribution in [3.8, 4) is 0 Å². The van der Waals surface area contributed by atoms with Crippen molar-refractivity contribution < 1.29 is 40.8 Å². The van der Waals surface area contributed by atoms with Crippen molar-refractivity contribution in [2.45, 2.75) is 78.2 Å². The van der Waals surface area contributed by atoms with Crippen molar-refractivity contribution in [3.63, 3.8) is 0 Å². The Bertz CT molecular complexity index is 1360. The Balaban J connectivity index is 3.02. The second-order valence-corrected chi connectivity index (χ2v) is 15.5. The number of hydrogen-bond donors (Lipinski definition) is 4. The van der Waals surface area contributed by atoms with Crippen LogP contribution in [0.4, 0.5) is 4.79 Å². The lowest BCUT2D eigenvalue weighted by atomic mass is 9.98. The van der Waals surface area contributed by atoms with E-state index in [2.05, 4.69) is 21.3 Å². The molecule has 0 unspecified atom stereocenters. The van der Waals surface area contributed by atoms with Gasteiger partial charge in [0.05, 0.1) is 5.75 Å². The van der Waals surface area contributed by atoms with E-state index in [4.69, 9.17) is 4.74 Å². The van der Waals surface area contributed by atoms with Crippen molar-refractivity contribution in [1.82, 2.24) is 21.3 Å². The summed E-state index contributed by atoms with van der Waals surface area (Å²) >= 11 is 0. The van der Waals surface area contributed by atoms with E-state index < -0.39 is 79.3 Å². The van der Waals surface area contributed by atoms with Crippen molar-refractivity contribution >= 4 is 43.5 Å². The minimum Gasteiger partial charge on any atom is -0.445 e. The van der Waals surface area contributed by atoms with Crippen LogP contribution in [0, 0.1) is 11.8 Å². The topological polar surface area (TPSA) is 194 Å². The van der Waals surface area contributed by atoms with Crippen LogP contribution in [0.15, 0.2) is 41.8 Å². The number of nitrogens with one attached hydrogen (secondary N) is 4. The Kier molecular flexibility index (Phi) is 15.5. The molecule has 0 heterocycles. The van der Waals surface area contributed by atoms with E-state index in [1.165, 1.54) is 13.0 Å². The van der Waals surface area contributed by atoms with Gasteiger partial charge >= 0.3 is 6.09 Å². The molecule has 4 amide bonds. The van der Waals surface area contributed by atoms with E-state index in [1.54, 1.807) is 38.1 Å². The second-order valence-electron chi connectivity index (χ2n) is 11.4. The van der Waals surface area contributed by atoms with Crippen LogP contribution in [0.3, 0.4) is 0 Å². The molecule has 1 aromatic rings. The van der Waals surface area contributed by atoms with Crippen molar-refractivity contribution in [2.75, 3.05) is 18.3 Å². The van der Waals surface area contributed by atoms with Crippen LogP contribution in [-0.4, -0.2) is 83.1 Å². The molecule has 0 fully saturated rings. The Morgan fingerprint density at radius 3 is 1.98 bits per heavy atom. The lowest BCUT2D eigenvalue weighted by Crippen LogP contribution is -2.59. The molecule has 15 heteroatoms. The summed E-state index contributed by atoms with van der Waals surface area (Å²) in [5.74, 6) is -3.47. The lowest BCUT2D eigenvalue weighted by molar-refractivity contribution is -0.132. The van der Waals surface area contributed by atoms with Gasteiger partial charge in [0, 0.05) is 24.0 Å². The molecule has 44 heavy (non-hydrogen) atoms. The van der Waals surface area contributed by atoms with Gasteiger partial charge in [-0.2, -0.15) is 0 Å². The molecule has 0 spiro atoms. The molecule has 0 aliphatic carbocycles. The van der Waals surface area contributed by atoms with Gasteiger partial charge in [-0.1, -0.05) is 70.5 Å². The minimum atomic E-state index is -3.79. The van der Waals surface area contributed by atoms with Crippen LogP contribution in [-0.2, 0) is 45.4 Å². The maximum atomic E-state index is 13.3. The summed E-state index contributed by atoms with van der Waals surface area (Å²) in [6, 6.07) is 4.35. The number of amides is 4. The molecular weight excluding hydrogens is 612 g/mol. The maximum Gasteiger partial charge on any atom is 0.408 e. The average molecular weight is 659 g/mol. The molecule has 0 saturated heterocycles. The molecule has 0 radical (unpaired) electrons. The normalized spacial score (nSPS) is 15.5. The van der Waals surface area contributed by atoms with Gasteiger partial charge in [0.2, 0.25) is 17.7 Å². The zero-order valence-corrected chi connectivity index (χ0v) is 28.0. The highest BCUT2D eigenvalue weighted by Crippen LogP contribution is 2.11. The van der Waals surface area contributed by atoms with Crippen LogP contribution in [0.5, 0.6) is 0 Å². The molecule has 5 atom stereocenters. The molecule has 1 rings (SSSR count). The Labute approximate surface area is 260 Å². The van der Waals surface area contributed by atoms with Gasteiger partial charge in [-0.25, -0.2) is 21.6 Å². The maximum absolute atomic E-state index is 13.3. The van der Waals surface area contributed by atoms with Crippen LogP contribution in [0.2, 0.25) is 0 Å². The van der Waals surface area contributed by atoms with Gasteiger partial charge in [0.15, 0.2) is 9.84 Å². The van der Waals surface area contributed by atoms with E-state index in [0.29, 0.717) is 12.8 Å². The summed E-state index contributed by atoms with van der Waals surface area (Å²) in [5, 5.41) is 11.0. The first-order chi connectivity index (χ1) is 20.3. The minimum absolute atomic E-state index is 0.0390. The predicted molar refractivity (Wildman–Crippen MR) is 168 cm³/mol. The third-order valence-electron chi connectivity index (χ3n) is 6.45. The van der Waals surface area contributed by atoms with Crippen molar-refractivity contribution in [3.05, 3.63) is 47.4 Å². The smallest absolute Gasteiger partial charge is 0.408 e. The summed E-state index contributed by atoms with van der Waals surface area (Å²) in [6.45, 7) is 8.60. The third-order valence-corrected chi connectivity index (χ3v) is 8.04. The van der Waals surface area contributed by atoms with Gasteiger partial charge < -0.3 is 26.0 Å². The fraction of sp³-hybridized carbons (Fsp3) is 0.586. The SMILES string of the molecule is CC[C@H](C)[C@H](NC(=O)OCc1ccccc1)C(=O)N[C@@H](CS(C)(=O)=O)C(=O)N[C@@H](C)C(=O)N[C@H](/C=C/S(C)(=O)=O)CC(C)C. The zero-order chi connectivity index (χ0) is 33.7. The summed E-state index contributed by atoms with van der Waals surface area (Å²) in [5.41, 5.74) is 0.734. The van der Waals surface area contributed by atoms with Crippen molar-refractivity contribution in [1.29, 1.82) is 0 Å². The number of hydrogen-bond acceptors (Lipinski definition) is 9.